The van der Waals surface area contributed by atoms with E-state index in [4.69, 9.17) is 16.3 Å². The summed E-state index contributed by atoms with van der Waals surface area (Å²) in [5, 5.41) is 3.25. The Labute approximate surface area is 168 Å². The summed E-state index contributed by atoms with van der Waals surface area (Å²) in [6.45, 7) is 3.51. The molecule has 0 bridgehead atoms. The molecule has 0 radical (unpaired) electrons. The molecule has 0 fully saturated rings. The fourth-order valence-electron chi connectivity index (χ4n) is 2.59. The molecule has 7 heteroatoms. The molecular formula is C21H22ClNO5. The van der Waals surface area contributed by atoms with Gasteiger partial charge in [-0.1, -0.05) is 29.8 Å². The van der Waals surface area contributed by atoms with Gasteiger partial charge in [0.15, 0.2) is 0 Å². The van der Waals surface area contributed by atoms with Crippen LogP contribution in [0.25, 0.3) is 0 Å². The van der Waals surface area contributed by atoms with Crippen molar-refractivity contribution in [3.05, 3.63) is 70.2 Å². The Bertz CT molecular complexity index is 848. The fraction of sp³-hybridized carbons (Fsp3) is 0.286. The van der Waals surface area contributed by atoms with E-state index < -0.39 is 23.9 Å². The minimum Gasteiger partial charge on any atom is -0.465 e. The molecule has 0 saturated carbocycles. The normalized spacial score (nSPS) is 11.6. The molecule has 148 valence electrons. The predicted molar refractivity (Wildman–Crippen MR) is 105 cm³/mol. The third-order valence-corrected chi connectivity index (χ3v) is 4.24. The van der Waals surface area contributed by atoms with Gasteiger partial charge in [-0.2, -0.15) is 0 Å². The number of halogens is 1. The molecule has 1 N–H and O–H groups in total. The van der Waals surface area contributed by atoms with Crippen LogP contribution >= 0.6 is 11.6 Å². The van der Waals surface area contributed by atoms with Crippen LogP contribution < -0.4 is 5.32 Å². The maximum absolute atomic E-state index is 12.7. The van der Waals surface area contributed by atoms with Crippen LogP contribution in [0.3, 0.4) is 0 Å². The molecule has 6 nitrogen and oxygen atoms in total. The summed E-state index contributed by atoms with van der Waals surface area (Å²) in [6.07, 6.45) is -0.325. The Kier molecular flexibility index (Phi) is 7.58. The maximum atomic E-state index is 12.7. The Morgan fingerprint density at radius 2 is 1.61 bits per heavy atom. The van der Waals surface area contributed by atoms with E-state index in [9.17, 15) is 14.4 Å². The SMILES string of the molecule is COC(=O)c1ccc(C(=O)N[C@H](CC(=O)OC(C)C)c2ccccc2Cl)cc1. The minimum absolute atomic E-state index is 0.0616. The van der Waals surface area contributed by atoms with Crippen LogP contribution in [0, 0.1) is 0 Å². The lowest BCUT2D eigenvalue weighted by Crippen LogP contribution is -2.31. The largest absolute Gasteiger partial charge is 0.465 e. The van der Waals surface area contributed by atoms with E-state index in [0.717, 1.165) is 0 Å². The molecule has 2 rings (SSSR count). The number of amides is 1. The maximum Gasteiger partial charge on any atom is 0.337 e. The van der Waals surface area contributed by atoms with Crippen LogP contribution in [-0.4, -0.2) is 31.1 Å². The van der Waals surface area contributed by atoms with Crippen molar-refractivity contribution in [1.29, 1.82) is 0 Å². The highest BCUT2D eigenvalue weighted by Gasteiger charge is 2.22. The number of carbonyl (C=O) groups is 3. The highest BCUT2D eigenvalue weighted by atomic mass is 35.5. The summed E-state index contributed by atoms with van der Waals surface area (Å²) in [5.74, 6) is -1.34. The van der Waals surface area contributed by atoms with E-state index in [-0.39, 0.29) is 12.5 Å². The summed E-state index contributed by atoms with van der Waals surface area (Å²) in [4.78, 5) is 36.3. The van der Waals surface area contributed by atoms with Crippen molar-refractivity contribution in [1.82, 2.24) is 5.32 Å². The van der Waals surface area contributed by atoms with E-state index in [1.165, 1.54) is 31.4 Å². The van der Waals surface area contributed by atoms with E-state index >= 15 is 0 Å². The summed E-state index contributed by atoms with van der Waals surface area (Å²) in [6, 6.07) is 12.3. The van der Waals surface area contributed by atoms with E-state index in [1.54, 1.807) is 38.1 Å². The first-order valence-electron chi connectivity index (χ1n) is 8.75. The number of carbonyl (C=O) groups excluding carboxylic acids is 3. The molecule has 0 saturated heterocycles. The Morgan fingerprint density at radius 1 is 1.00 bits per heavy atom. The Balaban J connectivity index is 2.21. The zero-order valence-electron chi connectivity index (χ0n) is 15.9. The van der Waals surface area contributed by atoms with Crippen molar-refractivity contribution in [2.75, 3.05) is 7.11 Å². The molecule has 2 aromatic carbocycles. The van der Waals surface area contributed by atoms with E-state index in [1.807, 2.05) is 0 Å². The number of methoxy groups -OCH3 is 1. The number of hydrogen-bond donors (Lipinski definition) is 1. The molecule has 0 aliphatic heterocycles. The molecular weight excluding hydrogens is 382 g/mol. The smallest absolute Gasteiger partial charge is 0.337 e. The van der Waals surface area contributed by atoms with Crippen LogP contribution in [0.5, 0.6) is 0 Å². The first kappa shape index (κ1) is 21.4. The first-order valence-corrected chi connectivity index (χ1v) is 9.12. The van der Waals surface area contributed by atoms with Gasteiger partial charge in [0.05, 0.1) is 31.2 Å². The third kappa shape index (κ3) is 5.82. The molecule has 1 atom stereocenters. The van der Waals surface area contributed by atoms with Crippen molar-refractivity contribution >= 4 is 29.4 Å². The summed E-state index contributed by atoms with van der Waals surface area (Å²) >= 11 is 6.25. The van der Waals surface area contributed by atoms with Crippen molar-refractivity contribution in [3.8, 4) is 0 Å². The van der Waals surface area contributed by atoms with Gasteiger partial charge >= 0.3 is 11.9 Å². The van der Waals surface area contributed by atoms with Gasteiger partial charge in [-0.15, -0.1) is 0 Å². The summed E-state index contributed by atoms with van der Waals surface area (Å²) in [7, 11) is 1.29. The van der Waals surface area contributed by atoms with Crippen LogP contribution in [0.1, 0.15) is 52.6 Å². The number of rotatable bonds is 7. The zero-order valence-corrected chi connectivity index (χ0v) is 16.7. The number of ether oxygens (including phenoxy) is 2. The lowest BCUT2D eigenvalue weighted by molar-refractivity contribution is -0.147. The molecule has 2 aromatic rings. The van der Waals surface area contributed by atoms with Crippen molar-refractivity contribution in [2.24, 2.45) is 0 Å². The molecule has 0 spiro atoms. The zero-order chi connectivity index (χ0) is 20.7. The van der Waals surface area contributed by atoms with Crippen molar-refractivity contribution in [3.63, 3.8) is 0 Å². The van der Waals surface area contributed by atoms with E-state index in [2.05, 4.69) is 10.1 Å². The topological polar surface area (TPSA) is 81.7 Å². The van der Waals surface area contributed by atoms with Crippen LogP contribution in [0.4, 0.5) is 0 Å². The number of nitrogens with one attached hydrogen (secondary N) is 1. The third-order valence-electron chi connectivity index (χ3n) is 3.89. The highest BCUT2D eigenvalue weighted by molar-refractivity contribution is 6.31. The fourth-order valence-corrected chi connectivity index (χ4v) is 2.86. The molecule has 0 aliphatic rings. The second kappa shape index (κ2) is 9.90. The van der Waals surface area contributed by atoms with Gasteiger partial charge in [0.2, 0.25) is 0 Å². The number of benzene rings is 2. The molecule has 0 unspecified atom stereocenters. The molecule has 0 aliphatic carbocycles. The summed E-state index contributed by atoms with van der Waals surface area (Å²) < 4.78 is 9.84. The lowest BCUT2D eigenvalue weighted by Gasteiger charge is -2.20. The second-order valence-corrected chi connectivity index (χ2v) is 6.77. The Hall–Kier alpha value is -2.86. The van der Waals surface area contributed by atoms with Gasteiger partial charge in [-0.25, -0.2) is 4.79 Å². The minimum atomic E-state index is -0.660. The predicted octanol–water partition coefficient (Wildman–Crippen LogP) is 3.94. The van der Waals surface area contributed by atoms with Gasteiger partial charge in [-0.3, -0.25) is 9.59 Å². The average molecular weight is 404 g/mol. The monoisotopic (exact) mass is 403 g/mol. The van der Waals surface area contributed by atoms with Gasteiger partial charge in [0.1, 0.15) is 0 Å². The average Bonchev–Trinajstić information content (AvgIpc) is 2.66. The van der Waals surface area contributed by atoms with Crippen LogP contribution in [0.15, 0.2) is 48.5 Å². The Morgan fingerprint density at radius 3 is 2.18 bits per heavy atom. The van der Waals surface area contributed by atoms with Gasteiger partial charge < -0.3 is 14.8 Å². The molecule has 1 amide bonds. The second-order valence-electron chi connectivity index (χ2n) is 6.36. The quantitative estimate of drug-likeness (QED) is 0.708. The first-order chi connectivity index (χ1) is 13.3. The van der Waals surface area contributed by atoms with Crippen LogP contribution in [0.2, 0.25) is 5.02 Å². The van der Waals surface area contributed by atoms with Gasteiger partial charge in [-0.05, 0) is 49.7 Å². The highest BCUT2D eigenvalue weighted by Crippen LogP contribution is 2.26. The van der Waals surface area contributed by atoms with Gasteiger partial charge in [0.25, 0.3) is 5.91 Å². The molecule has 0 aromatic heterocycles. The van der Waals surface area contributed by atoms with E-state index in [0.29, 0.717) is 21.7 Å². The molecule has 28 heavy (non-hydrogen) atoms. The van der Waals surface area contributed by atoms with Crippen molar-refractivity contribution in [2.45, 2.75) is 32.4 Å². The molecule has 0 heterocycles. The van der Waals surface area contributed by atoms with Crippen molar-refractivity contribution < 1.29 is 23.9 Å². The van der Waals surface area contributed by atoms with Gasteiger partial charge in [0, 0.05) is 10.6 Å². The number of hydrogen-bond acceptors (Lipinski definition) is 5. The van der Waals surface area contributed by atoms with Crippen LogP contribution in [-0.2, 0) is 14.3 Å². The summed E-state index contributed by atoms with van der Waals surface area (Å²) in [5.41, 5.74) is 1.29. The standard InChI is InChI=1S/C21H22ClNO5/c1-13(2)28-19(24)12-18(16-6-4-5-7-17(16)22)23-20(25)14-8-10-15(11-9-14)21(26)27-3/h4-11,13,18H,12H2,1-3H3,(H,23,25)/t18-/m1/s1. The lowest BCUT2D eigenvalue weighted by atomic mass is 10.0. The number of esters is 2.